The van der Waals surface area contributed by atoms with Gasteiger partial charge in [0.2, 0.25) is 0 Å². The van der Waals surface area contributed by atoms with E-state index in [-0.39, 0.29) is 19.4 Å². The lowest BCUT2D eigenvalue weighted by molar-refractivity contribution is -0.161. The van der Waals surface area contributed by atoms with Gasteiger partial charge in [0.15, 0.2) is 6.10 Å². The smallest absolute Gasteiger partial charge is 0.462 e. The number of ether oxygens (including phenoxy) is 2. The summed E-state index contributed by atoms with van der Waals surface area (Å²) in [5, 5.41) is 18.2. The van der Waals surface area contributed by atoms with Crippen molar-refractivity contribution in [3.05, 3.63) is 48.6 Å². The number of phosphoric acid groups is 1. The zero-order chi connectivity index (χ0) is 34.1. The minimum atomic E-state index is -4.62. The second kappa shape index (κ2) is 31.5. The van der Waals surface area contributed by atoms with Crippen LogP contribution in [0, 0.1) is 0 Å². The summed E-state index contributed by atoms with van der Waals surface area (Å²) in [6.45, 7) is 2.13. The van der Waals surface area contributed by atoms with Gasteiger partial charge in [-0.3, -0.25) is 18.6 Å². The van der Waals surface area contributed by atoms with E-state index in [1.165, 1.54) is 38.5 Å². The summed E-state index contributed by atoms with van der Waals surface area (Å²) in [6, 6.07) is 0. The Bertz CT molecular complexity index is 915. The van der Waals surface area contributed by atoms with E-state index in [0.717, 1.165) is 44.9 Å². The van der Waals surface area contributed by atoms with E-state index in [9.17, 15) is 24.2 Å². The normalized spacial score (nSPS) is 14.8. The molecule has 0 bridgehead atoms. The number of carbonyl (C=O) groups is 2. The van der Waals surface area contributed by atoms with Gasteiger partial charge in [-0.15, -0.1) is 0 Å². The number of aliphatic hydroxyl groups is 2. The van der Waals surface area contributed by atoms with Crippen molar-refractivity contribution in [3.8, 4) is 0 Å². The van der Waals surface area contributed by atoms with Crippen LogP contribution in [0.15, 0.2) is 48.6 Å². The summed E-state index contributed by atoms with van der Waals surface area (Å²) < 4.78 is 32.4. The predicted octanol–water partition coefficient (Wildman–Crippen LogP) is 7.82. The minimum absolute atomic E-state index is 0.138. The van der Waals surface area contributed by atoms with Crippen molar-refractivity contribution < 1.29 is 47.8 Å². The average molecular weight is 673 g/mol. The first-order valence-corrected chi connectivity index (χ1v) is 18.6. The van der Waals surface area contributed by atoms with E-state index < -0.39 is 51.8 Å². The van der Waals surface area contributed by atoms with E-state index in [0.29, 0.717) is 12.8 Å². The van der Waals surface area contributed by atoms with Crippen LogP contribution < -0.4 is 0 Å². The van der Waals surface area contributed by atoms with Crippen LogP contribution in [0.4, 0.5) is 0 Å². The van der Waals surface area contributed by atoms with Gasteiger partial charge in [-0.25, -0.2) is 4.57 Å². The fourth-order valence-electron chi connectivity index (χ4n) is 4.18. The Hall–Kier alpha value is -2.07. The number of esters is 2. The van der Waals surface area contributed by atoms with Crippen molar-refractivity contribution >= 4 is 19.8 Å². The van der Waals surface area contributed by atoms with Gasteiger partial charge in [0.1, 0.15) is 12.7 Å². The molecule has 0 amide bonds. The maximum Gasteiger partial charge on any atom is 0.472 e. The maximum atomic E-state index is 12.5. The number of aliphatic hydroxyl groups excluding tert-OH is 2. The fraction of sp³-hybridized carbons (Fsp3) is 0.714. The molecule has 0 aliphatic rings. The number of hydrogen-bond donors (Lipinski definition) is 3. The van der Waals surface area contributed by atoms with Gasteiger partial charge in [0.25, 0.3) is 0 Å². The molecule has 2 unspecified atom stereocenters. The molecule has 11 heteroatoms. The second-order valence-electron chi connectivity index (χ2n) is 11.3. The summed E-state index contributed by atoms with van der Waals surface area (Å²) in [4.78, 5) is 34.6. The molecular formula is C35H61O10P. The number of carbonyl (C=O) groups excluding carboxylic acids is 2. The molecule has 0 saturated heterocycles. The number of phosphoric ester groups is 1. The van der Waals surface area contributed by atoms with Crippen LogP contribution in [-0.2, 0) is 32.7 Å². The molecule has 0 aromatic rings. The second-order valence-corrected chi connectivity index (χ2v) is 12.7. The van der Waals surface area contributed by atoms with Crippen molar-refractivity contribution in [2.75, 3.05) is 26.4 Å². The summed E-state index contributed by atoms with van der Waals surface area (Å²) in [7, 11) is -4.62. The van der Waals surface area contributed by atoms with Gasteiger partial charge in [0, 0.05) is 12.8 Å². The Morgan fingerprint density at radius 3 is 1.80 bits per heavy atom. The zero-order valence-corrected chi connectivity index (χ0v) is 29.2. The molecule has 10 nitrogen and oxygen atoms in total. The molecule has 266 valence electrons. The lowest BCUT2D eigenvalue weighted by Crippen LogP contribution is -2.29. The molecule has 0 heterocycles. The molecule has 3 atom stereocenters. The number of rotatable bonds is 31. The van der Waals surface area contributed by atoms with Gasteiger partial charge in [-0.2, -0.15) is 0 Å². The first-order valence-electron chi connectivity index (χ1n) is 17.1. The van der Waals surface area contributed by atoms with E-state index in [4.69, 9.17) is 19.1 Å². The van der Waals surface area contributed by atoms with Crippen molar-refractivity contribution in [1.82, 2.24) is 0 Å². The number of unbranched alkanes of at least 4 members (excludes halogenated alkanes) is 12. The third-order valence-electron chi connectivity index (χ3n) is 6.84. The van der Waals surface area contributed by atoms with Gasteiger partial charge >= 0.3 is 19.8 Å². The molecule has 0 saturated carbocycles. The fourth-order valence-corrected chi connectivity index (χ4v) is 4.97. The van der Waals surface area contributed by atoms with E-state index in [1.54, 1.807) is 0 Å². The van der Waals surface area contributed by atoms with Crippen LogP contribution in [0.1, 0.15) is 123 Å². The van der Waals surface area contributed by atoms with Gasteiger partial charge in [-0.1, -0.05) is 127 Å². The van der Waals surface area contributed by atoms with E-state index in [1.807, 2.05) is 36.5 Å². The molecule has 0 aromatic carbocycles. The van der Waals surface area contributed by atoms with Crippen molar-refractivity contribution in [2.24, 2.45) is 0 Å². The van der Waals surface area contributed by atoms with E-state index >= 15 is 0 Å². The average Bonchev–Trinajstić information content (AvgIpc) is 3.04. The van der Waals surface area contributed by atoms with Gasteiger partial charge in [0.05, 0.1) is 19.8 Å². The third kappa shape index (κ3) is 30.6. The lowest BCUT2D eigenvalue weighted by Gasteiger charge is -2.20. The van der Waals surface area contributed by atoms with Crippen LogP contribution in [0.5, 0.6) is 0 Å². The lowest BCUT2D eigenvalue weighted by atomic mass is 10.1. The highest BCUT2D eigenvalue weighted by molar-refractivity contribution is 7.47. The predicted molar refractivity (Wildman–Crippen MR) is 182 cm³/mol. The van der Waals surface area contributed by atoms with Crippen LogP contribution >= 0.6 is 7.82 Å². The minimum Gasteiger partial charge on any atom is -0.462 e. The molecule has 0 aliphatic heterocycles. The largest absolute Gasteiger partial charge is 0.472 e. The van der Waals surface area contributed by atoms with Crippen LogP contribution in [0.3, 0.4) is 0 Å². The molecule has 0 aliphatic carbocycles. The number of hydrogen-bond acceptors (Lipinski definition) is 9. The summed E-state index contributed by atoms with van der Waals surface area (Å²) in [5.41, 5.74) is 0. The first kappa shape index (κ1) is 43.9. The maximum absolute atomic E-state index is 12.5. The standard InChI is InChI=1S/C35H61O10P/c1-3-5-7-9-11-13-15-16-17-19-21-23-25-27-35(39)45-33(31-44-46(40,41)43-29-32(37)28-36)30-42-34(38)26-24-22-20-18-14-12-10-8-6-4-2/h5,7,9,11,13,15-17,32-33,36-37H,3-4,6,8,10,12,14,18-31H2,1-2H3,(H,40,41)/b7-5+,11-9+,15-13+,17-16+/t32-,33?/m0/s1. The quantitative estimate of drug-likeness (QED) is 0.0288. The molecule has 0 aromatic heterocycles. The Labute approximate surface area is 277 Å². The molecular weight excluding hydrogens is 611 g/mol. The molecule has 3 N–H and O–H groups in total. The van der Waals surface area contributed by atoms with Crippen molar-refractivity contribution in [1.29, 1.82) is 0 Å². The van der Waals surface area contributed by atoms with Gasteiger partial charge < -0.3 is 24.6 Å². The Balaban J connectivity index is 4.52. The SMILES string of the molecule is CC/C=C/C=C/C=C/C=C/CCCCCC(=O)OC(COC(=O)CCCCCCCCCCCC)COP(=O)(O)OC[C@@H](O)CO. The monoisotopic (exact) mass is 672 g/mol. The Kier molecular flexibility index (Phi) is 30.1. The van der Waals surface area contributed by atoms with Crippen molar-refractivity contribution in [2.45, 2.75) is 135 Å². The summed E-state index contributed by atoms with van der Waals surface area (Å²) in [6.07, 6.45) is 29.5. The summed E-state index contributed by atoms with van der Waals surface area (Å²) in [5.74, 6) is -0.978. The van der Waals surface area contributed by atoms with Crippen LogP contribution in [-0.4, -0.2) is 65.7 Å². The number of allylic oxidation sites excluding steroid dienone is 8. The topological polar surface area (TPSA) is 149 Å². The molecule has 0 radical (unpaired) electrons. The highest BCUT2D eigenvalue weighted by atomic mass is 31.2. The Morgan fingerprint density at radius 1 is 0.674 bits per heavy atom. The van der Waals surface area contributed by atoms with Crippen molar-refractivity contribution in [3.63, 3.8) is 0 Å². The Morgan fingerprint density at radius 2 is 1.20 bits per heavy atom. The highest BCUT2D eigenvalue weighted by Gasteiger charge is 2.27. The summed E-state index contributed by atoms with van der Waals surface area (Å²) >= 11 is 0. The highest BCUT2D eigenvalue weighted by Crippen LogP contribution is 2.43. The van der Waals surface area contributed by atoms with Crippen LogP contribution in [0.25, 0.3) is 0 Å². The third-order valence-corrected chi connectivity index (χ3v) is 7.79. The molecule has 46 heavy (non-hydrogen) atoms. The zero-order valence-electron chi connectivity index (χ0n) is 28.3. The molecule has 0 spiro atoms. The van der Waals surface area contributed by atoms with E-state index in [2.05, 4.69) is 30.5 Å². The van der Waals surface area contributed by atoms with Gasteiger partial charge in [-0.05, 0) is 32.1 Å². The first-order chi connectivity index (χ1) is 22.2. The molecule has 0 rings (SSSR count). The van der Waals surface area contributed by atoms with Crippen LogP contribution in [0.2, 0.25) is 0 Å². The molecule has 0 fully saturated rings.